The molecule has 1 N–H and O–H groups in total. The van der Waals surface area contributed by atoms with E-state index in [0.29, 0.717) is 11.4 Å². The fourth-order valence-corrected chi connectivity index (χ4v) is 2.45. The quantitative estimate of drug-likeness (QED) is 0.768. The van der Waals surface area contributed by atoms with Gasteiger partial charge in [-0.05, 0) is 24.3 Å². The molecule has 140 valence electrons. The zero-order chi connectivity index (χ0) is 19.2. The molecule has 0 unspecified atom stereocenters. The Morgan fingerprint density at radius 3 is 2.81 bits per heavy atom. The summed E-state index contributed by atoms with van der Waals surface area (Å²) >= 11 is 0. The van der Waals surface area contributed by atoms with Gasteiger partial charge in [0.15, 0.2) is 6.61 Å². The fraction of sp³-hybridized carbons (Fsp3) is 0.222. The molecular formula is C18H17N3O6. The lowest BCUT2D eigenvalue weighted by Crippen LogP contribution is -2.35. The van der Waals surface area contributed by atoms with E-state index in [1.54, 1.807) is 24.3 Å². The van der Waals surface area contributed by atoms with Crippen LogP contribution in [0.15, 0.2) is 42.6 Å². The molecule has 3 rings (SSSR count). The molecule has 0 radical (unpaired) electrons. The first-order valence-corrected chi connectivity index (χ1v) is 8.09. The van der Waals surface area contributed by atoms with Gasteiger partial charge < -0.3 is 19.5 Å². The van der Waals surface area contributed by atoms with E-state index in [4.69, 9.17) is 9.47 Å². The molecule has 0 spiro atoms. The Morgan fingerprint density at radius 1 is 1.26 bits per heavy atom. The van der Waals surface area contributed by atoms with Gasteiger partial charge in [0, 0.05) is 6.20 Å². The summed E-state index contributed by atoms with van der Waals surface area (Å²) < 4.78 is 15.0. The minimum atomic E-state index is -0.749. The van der Waals surface area contributed by atoms with E-state index >= 15 is 0 Å². The number of pyridine rings is 1. The largest absolute Gasteiger partial charge is 0.495 e. The van der Waals surface area contributed by atoms with Gasteiger partial charge in [-0.25, -0.2) is 19.5 Å². The lowest BCUT2D eigenvalue weighted by molar-refractivity contribution is -0.131. The highest BCUT2D eigenvalue weighted by Gasteiger charge is 2.29. The minimum Gasteiger partial charge on any atom is -0.495 e. The molecule has 1 saturated heterocycles. The number of methoxy groups -OCH3 is 1. The van der Waals surface area contributed by atoms with Crippen LogP contribution in [0.3, 0.4) is 0 Å². The molecule has 1 aromatic carbocycles. The highest BCUT2D eigenvalue weighted by Crippen LogP contribution is 2.27. The average Bonchev–Trinajstić information content (AvgIpc) is 3.12. The van der Waals surface area contributed by atoms with Crippen LogP contribution in [-0.4, -0.2) is 54.7 Å². The summed E-state index contributed by atoms with van der Waals surface area (Å²) in [6, 6.07) is 10.2. The van der Waals surface area contributed by atoms with E-state index in [1.165, 1.54) is 19.4 Å². The van der Waals surface area contributed by atoms with E-state index in [0.717, 1.165) is 4.90 Å². The van der Waals surface area contributed by atoms with Crippen molar-refractivity contribution in [3.05, 3.63) is 48.2 Å². The number of ether oxygens (including phenoxy) is 3. The molecule has 2 amide bonds. The van der Waals surface area contributed by atoms with Crippen LogP contribution >= 0.6 is 0 Å². The SMILES string of the molecule is COc1ccccc1Nc1ncccc1C(=O)OCC(=O)N1CCOC1=O. The van der Waals surface area contributed by atoms with Crippen LogP contribution < -0.4 is 10.1 Å². The number of aromatic nitrogens is 1. The van der Waals surface area contributed by atoms with Crippen molar-refractivity contribution in [2.45, 2.75) is 0 Å². The summed E-state index contributed by atoms with van der Waals surface area (Å²) in [4.78, 5) is 40.7. The first-order chi connectivity index (χ1) is 13.1. The second-order valence-corrected chi connectivity index (χ2v) is 5.46. The number of nitrogens with one attached hydrogen (secondary N) is 1. The summed E-state index contributed by atoms with van der Waals surface area (Å²) in [5, 5.41) is 3.02. The first-order valence-electron chi connectivity index (χ1n) is 8.09. The van der Waals surface area contributed by atoms with Crippen molar-refractivity contribution >= 4 is 29.5 Å². The van der Waals surface area contributed by atoms with Crippen molar-refractivity contribution in [3.63, 3.8) is 0 Å². The fourth-order valence-electron chi connectivity index (χ4n) is 2.45. The van der Waals surface area contributed by atoms with Crippen molar-refractivity contribution in [1.29, 1.82) is 0 Å². The van der Waals surface area contributed by atoms with E-state index < -0.39 is 24.6 Å². The third-order valence-electron chi connectivity index (χ3n) is 3.78. The smallest absolute Gasteiger partial charge is 0.416 e. The molecule has 2 aromatic rings. The number of benzene rings is 1. The van der Waals surface area contributed by atoms with Crippen molar-refractivity contribution < 1.29 is 28.6 Å². The normalized spacial score (nSPS) is 13.1. The van der Waals surface area contributed by atoms with E-state index in [-0.39, 0.29) is 24.5 Å². The lowest BCUT2D eigenvalue weighted by Gasteiger charge is -2.14. The molecule has 1 aromatic heterocycles. The topological polar surface area (TPSA) is 107 Å². The molecule has 1 aliphatic rings. The molecule has 9 nitrogen and oxygen atoms in total. The number of esters is 1. The van der Waals surface area contributed by atoms with Crippen LogP contribution in [0, 0.1) is 0 Å². The van der Waals surface area contributed by atoms with Crippen molar-refractivity contribution in [2.24, 2.45) is 0 Å². The number of para-hydroxylation sites is 2. The molecule has 27 heavy (non-hydrogen) atoms. The number of cyclic esters (lactones) is 1. The Balaban J connectivity index is 1.70. The van der Waals surface area contributed by atoms with Gasteiger partial charge in [0.1, 0.15) is 23.7 Å². The zero-order valence-electron chi connectivity index (χ0n) is 14.5. The Kier molecular flexibility index (Phi) is 5.50. The van der Waals surface area contributed by atoms with Crippen molar-refractivity contribution in [2.75, 3.05) is 32.2 Å². The highest BCUT2D eigenvalue weighted by molar-refractivity contribution is 5.98. The molecule has 2 heterocycles. The summed E-state index contributed by atoms with van der Waals surface area (Å²) in [6.45, 7) is -0.298. The zero-order valence-corrected chi connectivity index (χ0v) is 14.5. The van der Waals surface area contributed by atoms with Crippen molar-refractivity contribution in [1.82, 2.24) is 9.88 Å². The molecule has 0 aliphatic carbocycles. The lowest BCUT2D eigenvalue weighted by atomic mass is 10.2. The number of carbonyl (C=O) groups is 3. The van der Waals surface area contributed by atoms with Gasteiger partial charge in [0.25, 0.3) is 5.91 Å². The van der Waals surface area contributed by atoms with Crippen LogP contribution in [0.1, 0.15) is 10.4 Å². The summed E-state index contributed by atoms with van der Waals surface area (Å²) in [5.74, 6) is -0.569. The number of rotatable bonds is 6. The third kappa shape index (κ3) is 4.14. The van der Waals surface area contributed by atoms with Gasteiger partial charge in [0.2, 0.25) is 0 Å². The molecule has 1 fully saturated rings. The Bertz CT molecular complexity index is 870. The Morgan fingerprint density at radius 2 is 2.07 bits per heavy atom. The van der Waals surface area contributed by atoms with E-state index in [9.17, 15) is 14.4 Å². The highest BCUT2D eigenvalue weighted by atomic mass is 16.6. The van der Waals surface area contributed by atoms with Gasteiger partial charge in [-0.1, -0.05) is 12.1 Å². The molecule has 0 atom stereocenters. The number of hydrogen-bond donors (Lipinski definition) is 1. The van der Waals surface area contributed by atoms with Gasteiger partial charge in [-0.3, -0.25) is 4.79 Å². The second kappa shape index (κ2) is 8.17. The van der Waals surface area contributed by atoms with Crippen molar-refractivity contribution in [3.8, 4) is 5.75 Å². The Hall–Kier alpha value is -3.62. The summed E-state index contributed by atoms with van der Waals surface area (Å²) in [6.07, 6.45) is 0.774. The van der Waals surface area contributed by atoms with Crippen LogP contribution in [0.5, 0.6) is 5.75 Å². The van der Waals surface area contributed by atoms with Crippen LogP contribution in [0.2, 0.25) is 0 Å². The second-order valence-electron chi connectivity index (χ2n) is 5.46. The molecule has 9 heteroatoms. The number of amides is 2. The summed E-state index contributed by atoms with van der Waals surface area (Å²) in [5.41, 5.74) is 0.754. The van der Waals surface area contributed by atoms with Gasteiger partial charge in [0.05, 0.1) is 19.3 Å². The minimum absolute atomic E-state index is 0.133. The molecule has 0 saturated carbocycles. The number of anilines is 2. The van der Waals surface area contributed by atoms with Crippen LogP contribution in [0.4, 0.5) is 16.3 Å². The maximum Gasteiger partial charge on any atom is 0.416 e. The maximum absolute atomic E-state index is 12.4. The van der Waals surface area contributed by atoms with E-state index in [1.807, 2.05) is 6.07 Å². The molecule has 1 aliphatic heterocycles. The van der Waals surface area contributed by atoms with Gasteiger partial charge >= 0.3 is 12.1 Å². The Labute approximate surface area is 154 Å². The standard InChI is InChI=1S/C18H17N3O6/c1-25-14-7-3-2-6-13(14)20-16-12(5-4-8-19-16)17(23)27-11-15(22)21-9-10-26-18(21)24/h2-8H,9-11H2,1H3,(H,19,20). The molecular weight excluding hydrogens is 354 g/mol. The predicted molar refractivity (Wildman–Crippen MR) is 93.9 cm³/mol. The first kappa shape index (κ1) is 18.2. The monoisotopic (exact) mass is 371 g/mol. The number of nitrogens with zero attached hydrogens (tertiary/aromatic N) is 2. The number of imide groups is 1. The maximum atomic E-state index is 12.4. The van der Waals surface area contributed by atoms with Gasteiger partial charge in [-0.15, -0.1) is 0 Å². The summed E-state index contributed by atoms with van der Waals surface area (Å²) in [7, 11) is 1.53. The predicted octanol–water partition coefficient (Wildman–Crippen LogP) is 1.97. The third-order valence-corrected chi connectivity index (χ3v) is 3.78. The van der Waals surface area contributed by atoms with Gasteiger partial charge in [-0.2, -0.15) is 0 Å². The van der Waals surface area contributed by atoms with E-state index in [2.05, 4.69) is 15.0 Å². The van der Waals surface area contributed by atoms with Crippen LogP contribution in [-0.2, 0) is 14.3 Å². The number of carbonyl (C=O) groups excluding carboxylic acids is 3. The molecule has 0 bridgehead atoms. The number of hydrogen-bond acceptors (Lipinski definition) is 8. The van der Waals surface area contributed by atoms with Crippen LogP contribution in [0.25, 0.3) is 0 Å². The average molecular weight is 371 g/mol.